The van der Waals surface area contributed by atoms with Crippen molar-refractivity contribution in [2.75, 3.05) is 25.6 Å². The number of hydrogen-bond donors (Lipinski definition) is 0. The first-order valence-corrected chi connectivity index (χ1v) is 7.57. The SMILES string of the molecule is O=C(CCl)N1CCCC(COc2ccc(C(F)(F)F)cc2)C1. The number of amides is 1. The molecule has 1 fully saturated rings. The third-order valence-corrected chi connectivity index (χ3v) is 3.88. The van der Waals surface area contributed by atoms with Gasteiger partial charge in [-0.2, -0.15) is 13.2 Å². The van der Waals surface area contributed by atoms with E-state index in [1.807, 2.05) is 0 Å². The summed E-state index contributed by atoms with van der Waals surface area (Å²) in [5, 5.41) is 0. The van der Waals surface area contributed by atoms with Crippen LogP contribution in [-0.4, -0.2) is 36.4 Å². The van der Waals surface area contributed by atoms with Gasteiger partial charge in [0, 0.05) is 19.0 Å². The van der Waals surface area contributed by atoms with Crippen LogP contribution in [0.15, 0.2) is 24.3 Å². The number of piperidine rings is 1. The summed E-state index contributed by atoms with van der Waals surface area (Å²) in [6, 6.07) is 4.62. The highest BCUT2D eigenvalue weighted by Gasteiger charge is 2.30. The summed E-state index contributed by atoms with van der Waals surface area (Å²) in [5.41, 5.74) is -0.698. The molecule has 0 saturated carbocycles. The molecule has 1 aliphatic heterocycles. The standard InChI is InChI=1S/C15H17ClF3NO2/c16-8-14(21)20-7-1-2-11(9-20)10-22-13-5-3-12(4-6-13)15(17,18)19/h3-6,11H,1-2,7-10H2. The first kappa shape index (κ1) is 16.9. The largest absolute Gasteiger partial charge is 0.493 e. The molecular formula is C15H17ClF3NO2. The zero-order chi connectivity index (χ0) is 16.2. The van der Waals surface area contributed by atoms with Gasteiger partial charge in [0.25, 0.3) is 0 Å². The number of rotatable bonds is 4. The molecule has 1 atom stereocenters. The Bertz CT molecular complexity index is 505. The van der Waals surface area contributed by atoms with Crippen molar-refractivity contribution in [2.45, 2.75) is 19.0 Å². The quantitative estimate of drug-likeness (QED) is 0.787. The van der Waals surface area contributed by atoms with Gasteiger partial charge in [-0.15, -0.1) is 11.6 Å². The van der Waals surface area contributed by atoms with E-state index in [4.69, 9.17) is 16.3 Å². The molecule has 122 valence electrons. The molecule has 1 heterocycles. The number of halogens is 4. The van der Waals surface area contributed by atoms with Crippen LogP contribution < -0.4 is 4.74 Å². The average molecular weight is 336 g/mol. The summed E-state index contributed by atoms with van der Waals surface area (Å²) >= 11 is 5.54. The smallest absolute Gasteiger partial charge is 0.416 e. The zero-order valence-corrected chi connectivity index (χ0v) is 12.7. The summed E-state index contributed by atoms with van der Waals surface area (Å²) < 4.78 is 42.9. The number of ether oxygens (including phenoxy) is 1. The topological polar surface area (TPSA) is 29.5 Å². The average Bonchev–Trinajstić information content (AvgIpc) is 2.52. The molecular weight excluding hydrogens is 319 g/mol. The highest BCUT2D eigenvalue weighted by Crippen LogP contribution is 2.30. The first-order chi connectivity index (χ1) is 10.4. The van der Waals surface area contributed by atoms with Crippen LogP contribution in [0.5, 0.6) is 5.75 Å². The van der Waals surface area contributed by atoms with E-state index >= 15 is 0 Å². The van der Waals surface area contributed by atoms with Gasteiger partial charge < -0.3 is 9.64 Å². The second-order valence-corrected chi connectivity index (χ2v) is 5.58. The summed E-state index contributed by atoms with van der Waals surface area (Å²) in [6.45, 7) is 1.64. The van der Waals surface area contributed by atoms with Gasteiger partial charge in [-0.05, 0) is 37.1 Å². The van der Waals surface area contributed by atoms with E-state index in [1.165, 1.54) is 12.1 Å². The lowest BCUT2D eigenvalue weighted by Crippen LogP contribution is -2.42. The van der Waals surface area contributed by atoms with Gasteiger partial charge in [0.15, 0.2) is 0 Å². The van der Waals surface area contributed by atoms with Crippen molar-refractivity contribution >= 4 is 17.5 Å². The normalized spacial score (nSPS) is 19.1. The molecule has 0 aromatic heterocycles. The number of carbonyl (C=O) groups excluding carboxylic acids is 1. The molecule has 1 unspecified atom stereocenters. The minimum Gasteiger partial charge on any atom is -0.493 e. The minimum atomic E-state index is -4.34. The monoisotopic (exact) mass is 335 g/mol. The predicted molar refractivity (Wildman–Crippen MR) is 77.0 cm³/mol. The molecule has 7 heteroatoms. The fourth-order valence-corrected chi connectivity index (χ4v) is 2.64. The van der Waals surface area contributed by atoms with E-state index in [1.54, 1.807) is 4.90 Å². The van der Waals surface area contributed by atoms with Crippen molar-refractivity contribution in [1.82, 2.24) is 4.90 Å². The van der Waals surface area contributed by atoms with Crippen LogP contribution in [0.25, 0.3) is 0 Å². The van der Waals surface area contributed by atoms with Gasteiger partial charge in [-0.3, -0.25) is 4.79 Å². The van der Waals surface area contributed by atoms with E-state index in [2.05, 4.69) is 0 Å². The van der Waals surface area contributed by atoms with Crippen LogP contribution in [0.4, 0.5) is 13.2 Å². The van der Waals surface area contributed by atoms with Crippen LogP contribution in [-0.2, 0) is 11.0 Å². The summed E-state index contributed by atoms with van der Waals surface area (Å²) in [6.07, 6.45) is -2.54. The second-order valence-electron chi connectivity index (χ2n) is 5.31. The van der Waals surface area contributed by atoms with Crippen molar-refractivity contribution in [2.24, 2.45) is 5.92 Å². The Hall–Kier alpha value is -1.43. The maximum Gasteiger partial charge on any atom is 0.416 e. The Labute approximate surface area is 132 Å². The Kier molecular flexibility index (Phi) is 5.56. The van der Waals surface area contributed by atoms with E-state index in [0.29, 0.717) is 25.4 Å². The second kappa shape index (κ2) is 7.22. The number of alkyl halides is 4. The van der Waals surface area contributed by atoms with Gasteiger partial charge in [0.05, 0.1) is 12.2 Å². The molecule has 1 saturated heterocycles. The van der Waals surface area contributed by atoms with Gasteiger partial charge in [-0.1, -0.05) is 0 Å². The Morgan fingerprint density at radius 1 is 1.32 bits per heavy atom. The molecule has 0 N–H and O–H groups in total. The number of carbonyl (C=O) groups is 1. The van der Waals surface area contributed by atoms with Crippen molar-refractivity contribution in [3.63, 3.8) is 0 Å². The van der Waals surface area contributed by atoms with Gasteiger partial charge in [0.2, 0.25) is 5.91 Å². The Morgan fingerprint density at radius 3 is 2.59 bits per heavy atom. The van der Waals surface area contributed by atoms with Crippen molar-refractivity contribution in [3.05, 3.63) is 29.8 Å². The van der Waals surface area contributed by atoms with E-state index in [9.17, 15) is 18.0 Å². The van der Waals surface area contributed by atoms with Crippen LogP contribution in [0.3, 0.4) is 0 Å². The molecule has 1 aromatic carbocycles. The minimum absolute atomic E-state index is 0.0352. The van der Waals surface area contributed by atoms with Crippen LogP contribution in [0.2, 0.25) is 0 Å². The van der Waals surface area contributed by atoms with Crippen molar-refractivity contribution < 1.29 is 22.7 Å². The predicted octanol–water partition coefficient (Wildman–Crippen LogP) is 3.56. The maximum absolute atomic E-state index is 12.5. The number of benzene rings is 1. The fourth-order valence-electron chi connectivity index (χ4n) is 2.47. The number of hydrogen-bond acceptors (Lipinski definition) is 2. The van der Waals surface area contributed by atoms with E-state index in [0.717, 1.165) is 25.0 Å². The molecule has 1 aromatic rings. The molecule has 1 aliphatic rings. The zero-order valence-electron chi connectivity index (χ0n) is 11.9. The van der Waals surface area contributed by atoms with Gasteiger partial charge in [0.1, 0.15) is 11.6 Å². The molecule has 0 radical (unpaired) electrons. The van der Waals surface area contributed by atoms with Gasteiger partial charge >= 0.3 is 6.18 Å². The van der Waals surface area contributed by atoms with Crippen LogP contribution >= 0.6 is 11.6 Å². The number of likely N-dealkylation sites (tertiary alicyclic amines) is 1. The summed E-state index contributed by atoms with van der Waals surface area (Å²) in [4.78, 5) is 13.3. The summed E-state index contributed by atoms with van der Waals surface area (Å²) in [5.74, 6) is 0.435. The van der Waals surface area contributed by atoms with Crippen LogP contribution in [0, 0.1) is 5.92 Å². The van der Waals surface area contributed by atoms with Gasteiger partial charge in [-0.25, -0.2) is 0 Å². The lowest BCUT2D eigenvalue weighted by molar-refractivity contribution is -0.137. The third-order valence-electron chi connectivity index (χ3n) is 3.65. The molecule has 0 bridgehead atoms. The Morgan fingerprint density at radius 2 is 2.00 bits per heavy atom. The van der Waals surface area contributed by atoms with Crippen LogP contribution in [0.1, 0.15) is 18.4 Å². The summed E-state index contributed by atoms with van der Waals surface area (Å²) in [7, 11) is 0. The van der Waals surface area contributed by atoms with Crippen molar-refractivity contribution in [3.8, 4) is 5.75 Å². The van der Waals surface area contributed by atoms with E-state index in [-0.39, 0.29) is 17.7 Å². The van der Waals surface area contributed by atoms with E-state index < -0.39 is 11.7 Å². The lowest BCUT2D eigenvalue weighted by Gasteiger charge is -2.32. The third kappa shape index (κ3) is 4.53. The Balaban J connectivity index is 1.86. The molecule has 2 rings (SSSR count). The van der Waals surface area contributed by atoms with Crippen molar-refractivity contribution in [1.29, 1.82) is 0 Å². The lowest BCUT2D eigenvalue weighted by atomic mass is 9.99. The number of nitrogens with zero attached hydrogens (tertiary/aromatic N) is 1. The molecule has 1 amide bonds. The first-order valence-electron chi connectivity index (χ1n) is 7.04. The fraction of sp³-hybridized carbons (Fsp3) is 0.533. The highest BCUT2D eigenvalue weighted by molar-refractivity contribution is 6.27. The molecule has 0 aliphatic carbocycles. The molecule has 0 spiro atoms. The maximum atomic E-state index is 12.5. The highest BCUT2D eigenvalue weighted by atomic mass is 35.5. The molecule has 3 nitrogen and oxygen atoms in total. The molecule has 22 heavy (non-hydrogen) atoms.